The molecule has 17 heteroatoms. The molecule has 4 fully saturated rings. The molecule has 14 nitrogen and oxygen atoms in total. The maximum Gasteiger partial charge on any atom is 0.408 e. The molecular formula is C33H43BrN4O10S2. The van der Waals surface area contributed by atoms with Gasteiger partial charge in [-0.3, -0.25) is 23.3 Å². The van der Waals surface area contributed by atoms with E-state index in [1.54, 1.807) is 18.2 Å². The van der Waals surface area contributed by atoms with Crippen molar-refractivity contribution in [2.75, 3.05) is 6.54 Å². The van der Waals surface area contributed by atoms with Gasteiger partial charge < -0.3 is 20.3 Å². The predicted molar refractivity (Wildman–Crippen MR) is 183 cm³/mol. The second-order valence-electron chi connectivity index (χ2n) is 13.9. The first-order valence-corrected chi connectivity index (χ1v) is 21.0. The van der Waals surface area contributed by atoms with Gasteiger partial charge in [-0.25, -0.2) is 13.2 Å². The van der Waals surface area contributed by atoms with Crippen LogP contribution in [0.2, 0.25) is 0 Å². The highest BCUT2D eigenvalue weighted by atomic mass is 79.9. The highest BCUT2D eigenvalue weighted by Gasteiger charge is 2.62. The molecule has 5 aliphatic rings. The van der Waals surface area contributed by atoms with Gasteiger partial charge in [0.1, 0.15) is 23.7 Å². The average molecular weight is 800 g/mol. The number of amides is 4. The maximum atomic E-state index is 14.3. The Labute approximate surface area is 300 Å². The molecule has 1 aromatic carbocycles. The Balaban J connectivity index is 1.27. The fourth-order valence-corrected chi connectivity index (χ4v) is 9.71. The number of ether oxygens (including phenoxy) is 1. The second-order valence-corrected chi connectivity index (χ2v) is 18.3. The molecule has 0 unspecified atom stereocenters. The molecule has 3 aliphatic carbocycles. The third-order valence-corrected chi connectivity index (χ3v) is 13.8. The quantitative estimate of drug-likeness (QED) is 0.260. The topological polar surface area (TPSA) is 194 Å². The number of rotatable bonds is 8. The summed E-state index contributed by atoms with van der Waals surface area (Å²) in [4.78, 5) is 56.0. The number of alkyl carbamates (subject to hydrolysis) is 1. The Morgan fingerprint density at radius 1 is 0.920 bits per heavy atom. The molecule has 0 aromatic heterocycles. The van der Waals surface area contributed by atoms with Crippen molar-refractivity contribution in [2.24, 2.45) is 5.92 Å². The molecule has 2 aliphatic heterocycles. The summed E-state index contributed by atoms with van der Waals surface area (Å²) in [6, 6.07) is 3.45. The van der Waals surface area contributed by atoms with Gasteiger partial charge in [-0.2, -0.15) is 8.42 Å². The molecule has 5 atom stereocenters. The lowest BCUT2D eigenvalue weighted by atomic mass is 10.0. The van der Waals surface area contributed by atoms with Crippen LogP contribution in [-0.2, 0) is 43.4 Å². The van der Waals surface area contributed by atoms with Gasteiger partial charge in [0.05, 0.1) is 16.2 Å². The second kappa shape index (κ2) is 14.9. The number of halogens is 1. The minimum Gasteiger partial charge on any atom is -0.446 e. The summed E-state index contributed by atoms with van der Waals surface area (Å²) < 4.78 is 65.9. The molecule has 0 bridgehead atoms. The van der Waals surface area contributed by atoms with Crippen molar-refractivity contribution in [1.29, 1.82) is 0 Å². The van der Waals surface area contributed by atoms with Gasteiger partial charge in [0.25, 0.3) is 16.0 Å². The van der Waals surface area contributed by atoms with Crippen molar-refractivity contribution >= 4 is 59.9 Å². The fraction of sp³-hybridized carbons (Fsp3) is 0.636. The highest BCUT2D eigenvalue weighted by molar-refractivity contribution is 9.10. The zero-order valence-electron chi connectivity index (χ0n) is 27.6. The molecule has 0 spiro atoms. The molecule has 1 aromatic rings. The van der Waals surface area contributed by atoms with Crippen molar-refractivity contribution in [1.82, 2.24) is 20.3 Å². The van der Waals surface area contributed by atoms with Gasteiger partial charge in [0.15, 0.2) is 0 Å². The number of carbonyl (C=O) groups excluding carboxylic acids is 4. The number of nitrogens with one attached hydrogen (secondary N) is 3. The van der Waals surface area contributed by atoms with Crippen LogP contribution >= 0.6 is 15.9 Å². The normalized spacial score (nSPS) is 30.2. The van der Waals surface area contributed by atoms with E-state index in [4.69, 9.17) is 8.92 Å². The van der Waals surface area contributed by atoms with Crippen LogP contribution in [-0.4, -0.2) is 87.2 Å². The third-order valence-electron chi connectivity index (χ3n) is 10.1. The van der Waals surface area contributed by atoms with Crippen molar-refractivity contribution in [3.8, 4) is 0 Å². The number of nitrogens with zero attached hydrogens (tertiary/aromatic N) is 1. The zero-order valence-corrected chi connectivity index (χ0v) is 30.8. The summed E-state index contributed by atoms with van der Waals surface area (Å²) in [7, 11) is -8.24. The fourth-order valence-electron chi connectivity index (χ4n) is 7.00. The van der Waals surface area contributed by atoms with Crippen molar-refractivity contribution < 1.29 is 44.9 Å². The Kier molecular flexibility index (Phi) is 11.0. The van der Waals surface area contributed by atoms with Gasteiger partial charge in [0, 0.05) is 23.4 Å². The number of sulfonamides is 1. The molecule has 4 amide bonds. The Hall–Kier alpha value is -3.02. The SMILES string of the molecule is O=C(N[C@H]1CCCCC/C=C\[C@H]2C[C@@]2(C(=O)NS(=O)(=O)C2CC2)NC(=O)[C@@H]2C[C@H](OS(=O)(=O)c3ccc(Br)cc3)CN2C1=O)OC1CCCC1. The van der Waals surface area contributed by atoms with Crippen LogP contribution in [0.4, 0.5) is 4.79 Å². The Bertz CT molecular complexity index is 1730. The molecule has 50 heavy (non-hydrogen) atoms. The predicted octanol–water partition coefficient (Wildman–Crippen LogP) is 3.16. The minimum atomic E-state index is -4.31. The summed E-state index contributed by atoms with van der Waals surface area (Å²) >= 11 is 3.27. The third kappa shape index (κ3) is 8.53. The molecule has 6 rings (SSSR count). The molecule has 3 saturated carbocycles. The average Bonchev–Trinajstić information content (AvgIpc) is 3.93. The smallest absolute Gasteiger partial charge is 0.408 e. The lowest BCUT2D eigenvalue weighted by Gasteiger charge is -2.30. The minimum absolute atomic E-state index is 0.116. The van der Waals surface area contributed by atoms with Gasteiger partial charge in [-0.15, -0.1) is 0 Å². The van der Waals surface area contributed by atoms with Crippen LogP contribution in [0.5, 0.6) is 0 Å². The molecule has 0 radical (unpaired) electrons. The summed E-state index contributed by atoms with van der Waals surface area (Å²) in [6.07, 6.45) is 8.72. The Morgan fingerprint density at radius 2 is 1.62 bits per heavy atom. The molecule has 1 saturated heterocycles. The number of carbonyl (C=O) groups is 4. The first-order valence-electron chi connectivity index (χ1n) is 17.3. The van der Waals surface area contributed by atoms with Crippen LogP contribution in [0.15, 0.2) is 45.8 Å². The van der Waals surface area contributed by atoms with E-state index in [0.29, 0.717) is 30.2 Å². The number of benzene rings is 1. The van der Waals surface area contributed by atoms with Gasteiger partial charge in [0.2, 0.25) is 21.8 Å². The number of fused-ring (bicyclic) bond motifs is 2. The standard InChI is InChI=1S/C33H43BrN4O10S2/c34-22-12-14-26(15-13-22)50(45,46)48-24-18-28-29(39)36-33(31(41)37-49(43,44)25-16-17-25)19-21(33)8-4-2-1-3-5-11-27(30(40)38(28)20-24)35-32(42)47-23-9-6-7-10-23/h4,8,12-15,21,23-25,27-28H,1-3,5-7,9-11,16-20H2,(H,35,42)(H,36,39)(H,37,41)/b8-4-/t21-,24-,27-,28-,33+/m0/s1. The van der Waals surface area contributed by atoms with E-state index in [9.17, 15) is 36.0 Å². The number of allylic oxidation sites excluding steroid dienone is 1. The van der Waals surface area contributed by atoms with Crippen LogP contribution < -0.4 is 15.4 Å². The van der Waals surface area contributed by atoms with Crippen LogP contribution in [0, 0.1) is 5.92 Å². The van der Waals surface area contributed by atoms with Gasteiger partial charge >= 0.3 is 6.09 Å². The van der Waals surface area contributed by atoms with Crippen LogP contribution in [0.1, 0.15) is 83.5 Å². The van der Waals surface area contributed by atoms with E-state index in [2.05, 4.69) is 31.3 Å². The summed E-state index contributed by atoms with van der Waals surface area (Å²) in [5.41, 5.74) is -1.57. The summed E-state index contributed by atoms with van der Waals surface area (Å²) in [5.74, 6) is -2.72. The van der Waals surface area contributed by atoms with Crippen molar-refractivity contribution in [3.05, 3.63) is 40.9 Å². The molecular weight excluding hydrogens is 756 g/mol. The summed E-state index contributed by atoms with van der Waals surface area (Å²) in [5, 5.41) is 4.79. The summed E-state index contributed by atoms with van der Waals surface area (Å²) in [6.45, 7) is -0.291. The first-order chi connectivity index (χ1) is 23.8. The molecule has 274 valence electrons. The molecule has 3 N–H and O–H groups in total. The molecule has 2 heterocycles. The zero-order chi connectivity index (χ0) is 35.7. The van der Waals surface area contributed by atoms with E-state index >= 15 is 0 Å². The van der Waals surface area contributed by atoms with Crippen molar-refractivity contribution in [3.63, 3.8) is 0 Å². The van der Waals surface area contributed by atoms with E-state index in [0.717, 1.165) is 38.5 Å². The number of hydrogen-bond donors (Lipinski definition) is 3. The van der Waals surface area contributed by atoms with E-state index in [1.807, 2.05) is 6.08 Å². The number of hydrogen-bond acceptors (Lipinski definition) is 10. The maximum absolute atomic E-state index is 14.3. The monoisotopic (exact) mass is 798 g/mol. The van der Waals surface area contributed by atoms with E-state index in [1.165, 1.54) is 17.0 Å². The lowest BCUT2D eigenvalue weighted by Crippen LogP contribution is -2.58. The lowest BCUT2D eigenvalue weighted by molar-refractivity contribution is -0.141. The van der Waals surface area contributed by atoms with Crippen LogP contribution in [0.25, 0.3) is 0 Å². The van der Waals surface area contributed by atoms with E-state index in [-0.39, 0.29) is 36.8 Å². The van der Waals surface area contributed by atoms with Gasteiger partial charge in [-0.1, -0.05) is 40.9 Å². The largest absolute Gasteiger partial charge is 0.446 e. The van der Waals surface area contributed by atoms with Crippen molar-refractivity contribution in [2.45, 2.75) is 123 Å². The van der Waals surface area contributed by atoms with E-state index < -0.39 is 78.9 Å². The highest BCUT2D eigenvalue weighted by Crippen LogP contribution is 2.46. The van der Waals surface area contributed by atoms with Crippen LogP contribution in [0.3, 0.4) is 0 Å². The first kappa shape index (κ1) is 36.8. The van der Waals surface area contributed by atoms with Gasteiger partial charge in [-0.05, 0) is 88.5 Å². The Morgan fingerprint density at radius 3 is 2.32 bits per heavy atom.